The summed E-state index contributed by atoms with van der Waals surface area (Å²) in [6.45, 7) is 1.87. The summed E-state index contributed by atoms with van der Waals surface area (Å²) in [5, 5.41) is 3.12. The number of aromatic nitrogens is 1. The quantitative estimate of drug-likeness (QED) is 0.555. The Bertz CT molecular complexity index is 993. The highest BCUT2D eigenvalue weighted by molar-refractivity contribution is 6.32. The van der Waals surface area contributed by atoms with E-state index in [-0.39, 0.29) is 17.0 Å². The zero-order valence-corrected chi connectivity index (χ0v) is 15.9. The molecule has 3 aromatic rings. The summed E-state index contributed by atoms with van der Waals surface area (Å²) in [4.78, 5) is 16.3. The zero-order valence-electron chi connectivity index (χ0n) is 15.1. The van der Waals surface area contributed by atoms with Gasteiger partial charge in [0.05, 0.1) is 11.1 Å². The second-order valence-electron chi connectivity index (χ2n) is 6.07. The number of nitrogens with one attached hydrogen (secondary N) is 1. The lowest BCUT2D eigenvalue weighted by atomic mass is 10.1. The summed E-state index contributed by atoms with van der Waals surface area (Å²) in [6, 6.07) is 16.6. The molecule has 0 aliphatic carbocycles. The number of ether oxygens (including phenoxy) is 1. The number of nitrogens with zero attached hydrogens (tertiary/aromatic N) is 1. The fourth-order valence-electron chi connectivity index (χ4n) is 2.52. The van der Waals surface area contributed by atoms with Crippen molar-refractivity contribution < 1.29 is 13.9 Å². The summed E-state index contributed by atoms with van der Waals surface area (Å²) in [7, 11) is 0. The third-order valence-corrected chi connectivity index (χ3v) is 4.28. The Kier molecular flexibility index (Phi) is 6.40. The van der Waals surface area contributed by atoms with Crippen LogP contribution in [0, 0.1) is 5.82 Å². The Morgan fingerprint density at radius 2 is 2.04 bits per heavy atom. The highest BCUT2D eigenvalue weighted by Crippen LogP contribution is 2.23. The Morgan fingerprint density at radius 3 is 2.79 bits per heavy atom. The Hall–Kier alpha value is -3.18. The van der Waals surface area contributed by atoms with Crippen molar-refractivity contribution in [2.75, 3.05) is 0 Å². The molecule has 0 aliphatic rings. The predicted molar refractivity (Wildman–Crippen MR) is 108 cm³/mol. The van der Waals surface area contributed by atoms with Crippen molar-refractivity contribution in [3.63, 3.8) is 0 Å². The van der Waals surface area contributed by atoms with Gasteiger partial charge in [-0.15, -0.1) is 0 Å². The first-order valence-electron chi connectivity index (χ1n) is 8.64. The van der Waals surface area contributed by atoms with Gasteiger partial charge in [-0.2, -0.15) is 0 Å². The van der Waals surface area contributed by atoms with Gasteiger partial charge < -0.3 is 10.1 Å². The number of hydrogen-bond donors (Lipinski definition) is 1. The first-order chi connectivity index (χ1) is 13.5. The first-order valence-corrected chi connectivity index (χ1v) is 9.01. The zero-order chi connectivity index (χ0) is 19.9. The van der Waals surface area contributed by atoms with Crippen molar-refractivity contribution in [2.24, 2.45) is 0 Å². The summed E-state index contributed by atoms with van der Waals surface area (Å²) in [6.07, 6.45) is 4.57. The van der Waals surface area contributed by atoms with E-state index >= 15 is 0 Å². The van der Waals surface area contributed by atoms with Crippen molar-refractivity contribution >= 4 is 23.6 Å². The number of halogens is 2. The van der Waals surface area contributed by atoms with Gasteiger partial charge in [0.1, 0.15) is 11.6 Å². The minimum atomic E-state index is -0.423. The second kappa shape index (κ2) is 9.15. The Balaban J connectivity index is 1.63. The number of hydrogen-bond acceptors (Lipinski definition) is 3. The van der Waals surface area contributed by atoms with Gasteiger partial charge in [-0.1, -0.05) is 35.9 Å². The van der Waals surface area contributed by atoms with Crippen LogP contribution < -0.4 is 10.1 Å². The summed E-state index contributed by atoms with van der Waals surface area (Å²) in [5.41, 5.74) is 1.45. The average Bonchev–Trinajstić information content (AvgIpc) is 2.68. The molecule has 1 amide bonds. The molecule has 1 aromatic heterocycles. The monoisotopic (exact) mass is 396 g/mol. The molecule has 1 atom stereocenters. The lowest BCUT2D eigenvalue weighted by Gasteiger charge is -2.14. The van der Waals surface area contributed by atoms with E-state index in [4.69, 9.17) is 16.3 Å². The van der Waals surface area contributed by atoms with Gasteiger partial charge in [0.15, 0.2) is 0 Å². The maximum atomic E-state index is 13.1. The molecule has 3 rings (SSSR count). The predicted octanol–water partition coefficient (Wildman–Crippen LogP) is 5.56. The van der Waals surface area contributed by atoms with Gasteiger partial charge in [-0.25, -0.2) is 9.37 Å². The number of pyridine rings is 1. The number of carbonyl (C=O) groups excluding carboxylic acids is 1. The van der Waals surface area contributed by atoms with Crippen LogP contribution in [-0.4, -0.2) is 10.9 Å². The highest BCUT2D eigenvalue weighted by Gasteiger charge is 2.09. The third-order valence-electron chi connectivity index (χ3n) is 3.95. The van der Waals surface area contributed by atoms with Gasteiger partial charge in [-0.05, 0) is 54.5 Å². The minimum absolute atomic E-state index is 0.242. The molecule has 1 unspecified atom stereocenters. The van der Waals surface area contributed by atoms with Crippen molar-refractivity contribution in [3.8, 4) is 11.6 Å². The van der Waals surface area contributed by atoms with E-state index in [0.29, 0.717) is 17.2 Å². The van der Waals surface area contributed by atoms with Crippen molar-refractivity contribution in [3.05, 3.63) is 94.9 Å². The summed E-state index contributed by atoms with van der Waals surface area (Å²) < 4.78 is 18.8. The van der Waals surface area contributed by atoms with Gasteiger partial charge >= 0.3 is 0 Å². The van der Waals surface area contributed by atoms with Gasteiger partial charge in [0, 0.05) is 18.3 Å². The van der Waals surface area contributed by atoms with E-state index in [1.807, 2.05) is 43.3 Å². The van der Waals surface area contributed by atoms with Crippen LogP contribution in [0.25, 0.3) is 6.08 Å². The van der Waals surface area contributed by atoms with Crippen LogP contribution in [0.2, 0.25) is 5.02 Å². The average molecular weight is 397 g/mol. The maximum absolute atomic E-state index is 13.1. The molecule has 1 N–H and O–H groups in total. The molecule has 4 nitrogen and oxygen atoms in total. The molecule has 0 spiro atoms. The number of carbonyl (C=O) groups is 1. The van der Waals surface area contributed by atoms with E-state index in [1.54, 1.807) is 18.3 Å². The molecule has 28 heavy (non-hydrogen) atoms. The van der Waals surface area contributed by atoms with Crippen LogP contribution in [0.1, 0.15) is 24.1 Å². The van der Waals surface area contributed by atoms with Crippen molar-refractivity contribution in [1.29, 1.82) is 0 Å². The molecule has 1 heterocycles. The Morgan fingerprint density at radius 1 is 1.18 bits per heavy atom. The molecular formula is C22H18ClFN2O2. The van der Waals surface area contributed by atoms with Crippen LogP contribution in [0.15, 0.2) is 72.9 Å². The topological polar surface area (TPSA) is 51.2 Å². The highest BCUT2D eigenvalue weighted by atomic mass is 35.5. The maximum Gasteiger partial charge on any atom is 0.244 e. The van der Waals surface area contributed by atoms with Crippen LogP contribution in [0.3, 0.4) is 0 Å². The molecular weight excluding hydrogens is 379 g/mol. The number of rotatable bonds is 6. The largest absolute Gasteiger partial charge is 0.439 e. The van der Waals surface area contributed by atoms with E-state index < -0.39 is 5.82 Å². The molecule has 0 radical (unpaired) electrons. The van der Waals surface area contributed by atoms with Crippen LogP contribution in [0.5, 0.6) is 11.6 Å². The SMILES string of the molecule is CC(NC(=O)/C=C/c1ccc(F)cc1Cl)c1cccc(Oc2ccccn2)c1. The summed E-state index contributed by atoms with van der Waals surface area (Å²) >= 11 is 5.96. The minimum Gasteiger partial charge on any atom is -0.439 e. The Labute approximate surface area is 167 Å². The smallest absolute Gasteiger partial charge is 0.244 e. The van der Waals surface area contributed by atoms with Crippen LogP contribution in [-0.2, 0) is 4.79 Å². The van der Waals surface area contributed by atoms with E-state index in [1.165, 1.54) is 24.3 Å². The van der Waals surface area contributed by atoms with E-state index in [9.17, 15) is 9.18 Å². The van der Waals surface area contributed by atoms with Gasteiger partial charge in [0.2, 0.25) is 11.8 Å². The fourth-order valence-corrected chi connectivity index (χ4v) is 2.75. The molecule has 2 aromatic carbocycles. The second-order valence-corrected chi connectivity index (χ2v) is 6.48. The normalized spacial score (nSPS) is 12.0. The molecule has 0 saturated heterocycles. The number of amides is 1. The standard InChI is InChI=1S/C22H18ClFN2O2/c1-15(26-21(27)11-9-16-8-10-18(24)14-20(16)23)17-5-4-6-19(13-17)28-22-7-2-3-12-25-22/h2-15H,1H3,(H,26,27)/b11-9+. The fraction of sp³-hybridized carbons (Fsp3) is 0.0909. The molecule has 0 saturated carbocycles. The van der Waals surface area contributed by atoms with Crippen LogP contribution in [0.4, 0.5) is 4.39 Å². The lowest BCUT2D eigenvalue weighted by Crippen LogP contribution is -2.24. The lowest BCUT2D eigenvalue weighted by molar-refractivity contribution is -0.117. The summed E-state index contributed by atoms with van der Waals surface area (Å²) in [5.74, 6) is 0.415. The molecule has 0 bridgehead atoms. The van der Waals surface area contributed by atoms with Gasteiger partial charge in [0.25, 0.3) is 0 Å². The van der Waals surface area contributed by atoms with Crippen molar-refractivity contribution in [1.82, 2.24) is 10.3 Å². The number of benzene rings is 2. The van der Waals surface area contributed by atoms with Crippen LogP contribution >= 0.6 is 11.6 Å². The van der Waals surface area contributed by atoms with E-state index in [0.717, 1.165) is 5.56 Å². The van der Waals surface area contributed by atoms with E-state index in [2.05, 4.69) is 10.3 Å². The van der Waals surface area contributed by atoms with Crippen molar-refractivity contribution in [2.45, 2.75) is 13.0 Å². The molecule has 6 heteroatoms. The first kappa shape index (κ1) is 19.6. The molecule has 142 valence electrons. The van der Waals surface area contributed by atoms with Gasteiger partial charge in [-0.3, -0.25) is 4.79 Å². The molecule has 0 fully saturated rings. The molecule has 0 aliphatic heterocycles. The third kappa shape index (κ3) is 5.41.